The molecular formula is C21H27NO6. The van der Waals surface area contributed by atoms with Gasteiger partial charge >= 0.3 is 11.9 Å². The van der Waals surface area contributed by atoms with E-state index in [1.807, 2.05) is 0 Å². The number of hydrogen-bond donors (Lipinski definition) is 1. The Balaban J connectivity index is 2.73. The predicted octanol–water partition coefficient (Wildman–Crippen LogP) is 3.06. The number of esters is 2. The minimum Gasteiger partial charge on any atom is -0.497 e. The van der Waals surface area contributed by atoms with Crippen molar-refractivity contribution in [2.24, 2.45) is 0 Å². The second kappa shape index (κ2) is 9.30. The standard InChI is InChI=1S/C21H27NO6/c1-7-27-20(23)17-12(3)22-13(4)18(21(24)28-8-2)19(17)15-10-9-14(25-5)11-16(15)26-6/h9-11,19,22H,7-8H2,1-6H3. The zero-order valence-electron chi connectivity index (χ0n) is 17.2. The quantitative estimate of drug-likeness (QED) is 0.718. The molecule has 0 unspecified atom stereocenters. The number of carbonyl (C=O) groups is 2. The average molecular weight is 389 g/mol. The maximum absolute atomic E-state index is 12.8. The van der Waals surface area contributed by atoms with E-state index in [1.165, 1.54) is 7.11 Å². The normalized spacial score (nSPS) is 14.5. The van der Waals surface area contributed by atoms with Crippen molar-refractivity contribution >= 4 is 11.9 Å². The van der Waals surface area contributed by atoms with E-state index >= 15 is 0 Å². The summed E-state index contributed by atoms with van der Waals surface area (Å²) < 4.78 is 21.3. The van der Waals surface area contributed by atoms with Gasteiger partial charge in [0.2, 0.25) is 0 Å². The molecule has 0 fully saturated rings. The molecule has 1 N–H and O–H groups in total. The van der Waals surface area contributed by atoms with Crippen molar-refractivity contribution in [2.75, 3.05) is 27.4 Å². The Kier molecular flexibility index (Phi) is 7.09. The fourth-order valence-electron chi connectivity index (χ4n) is 3.32. The topological polar surface area (TPSA) is 83.1 Å². The molecule has 7 nitrogen and oxygen atoms in total. The lowest BCUT2D eigenvalue weighted by Crippen LogP contribution is -2.32. The third kappa shape index (κ3) is 4.13. The molecule has 0 amide bonds. The van der Waals surface area contributed by atoms with Gasteiger partial charge in [-0.3, -0.25) is 0 Å². The third-order valence-corrected chi connectivity index (χ3v) is 4.50. The lowest BCUT2D eigenvalue weighted by atomic mass is 9.80. The molecule has 0 saturated heterocycles. The van der Waals surface area contributed by atoms with E-state index in [-0.39, 0.29) is 13.2 Å². The van der Waals surface area contributed by atoms with Gasteiger partial charge in [0.1, 0.15) is 11.5 Å². The molecule has 0 bridgehead atoms. The maximum Gasteiger partial charge on any atom is 0.336 e. The average Bonchev–Trinajstić information content (AvgIpc) is 2.67. The summed E-state index contributed by atoms with van der Waals surface area (Å²) in [6.07, 6.45) is 0. The van der Waals surface area contributed by atoms with Crippen molar-refractivity contribution in [3.63, 3.8) is 0 Å². The fraction of sp³-hybridized carbons (Fsp3) is 0.429. The SMILES string of the molecule is CCOC(=O)C1=C(C)NC(C)=C(C(=O)OCC)C1c1ccc(OC)cc1OC. The van der Waals surface area contributed by atoms with Crippen molar-refractivity contribution in [1.29, 1.82) is 0 Å². The molecule has 1 aliphatic rings. The van der Waals surface area contributed by atoms with E-state index in [4.69, 9.17) is 18.9 Å². The first-order valence-electron chi connectivity index (χ1n) is 9.14. The molecule has 28 heavy (non-hydrogen) atoms. The van der Waals surface area contributed by atoms with E-state index in [2.05, 4.69) is 5.32 Å². The molecule has 1 heterocycles. The number of methoxy groups -OCH3 is 2. The Morgan fingerprint density at radius 2 is 1.46 bits per heavy atom. The van der Waals surface area contributed by atoms with E-state index in [0.29, 0.717) is 39.6 Å². The highest BCUT2D eigenvalue weighted by Crippen LogP contribution is 2.43. The zero-order chi connectivity index (χ0) is 20.8. The van der Waals surface area contributed by atoms with Crippen LogP contribution >= 0.6 is 0 Å². The summed E-state index contributed by atoms with van der Waals surface area (Å²) in [5.74, 6) is -0.587. The molecule has 0 atom stereocenters. The highest BCUT2D eigenvalue weighted by Gasteiger charge is 2.39. The molecule has 0 radical (unpaired) electrons. The Bertz CT molecular complexity index is 784. The summed E-state index contributed by atoms with van der Waals surface area (Å²) in [5.41, 5.74) is 2.58. The van der Waals surface area contributed by atoms with E-state index in [9.17, 15) is 9.59 Å². The van der Waals surface area contributed by atoms with Crippen LogP contribution in [-0.4, -0.2) is 39.4 Å². The van der Waals surface area contributed by atoms with Gasteiger partial charge in [-0.1, -0.05) is 6.07 Å². The lowest BCUT2D eigenvalue weighted by molar-refractivity contribution is -0.139. The second-order valence-electron chi connectivity index (χ2n) is 6.18. The first-order valence-corrected chi connectivity index (χ1v) is 9.14. The molecular weight excluding hydrogens is 362 g/mol. The van der Waals surface area contributed by atoms with Gasteiger partial charge in [0.05, 0.1) is 44.5 Å². The number of dihydropyridines is 1. The van der Waals surface area contributed by atoms with E-state index in [1.54, 1.807) is 53.0 Å². The molecule has 7 heteroatoms. The predicted molar refractivity (Wildman–Crippen MR) is 104 cm³/mol. The first kappa shape index (κ1) is 21.3. The van der Waals surface area contributed by atoms with Gasteiger partial charge in [0.25, 0.3) is 0 Å². The van der Waals surface area contributed by atoms with Crippen molar-refractivity contribution in [2.45, 2.75) is 33.6 Å². The van der Waals surface area contributed by atoms with Crippen LogP contribution in [0.25, 0.3) is 0 Å². The number of nitrogens with one attached hydrogen (secondary N) is 1. The number of allylic oxidation sites excluding steroid dienone is 2. The number of hydrogen-bond acceptors (Lipinski definition) is 7. The summed E-state index contributed by atoms with van der Waals surface area (Å²) in [4.78, 5) is 25.6. The van der Waals surface area contributed by atoms with Crippen molar-refractivity contribution in [1.82, 2.24) is 5.32 Å². The van der Waals surface area contributed by atoms with Gasteiger partial charge in [0, 0.05) is 23.0 Å². The van der Waals surface area contributed by atoms with Crippen LogP contribution in [0.15, 0.2) is 40.7 Å². The Morgan fingerprint density at radius 1 is 0.929 bits per heavy atom. The van der Waals surface area contributed by atoms with E-state index < -0.39 is 17.9 Å². The second-order valence-corrected chi connectivity index (χ2v) is 6.18. The summed E-state index contributed by atoms with van der Waals surface area (Å²) >= 11 is 0. The third-order valence-electron chi connectivity index (χ3n) is 4.50. The van der Waals surface area contributed by atoms with E-state index in [0.717, 1.165) is 0 Å². The molecule has 0 spiro atoms. The smallest absolute Gasteiger partial charge is 0.336 e. The Labute approximate surface area is 165 Å². The van der Waals surface area contributed by atoms with Crippen LogP contribution in [0.2, 0.25) is 0 Å². The Hall–Kier alpha value is -2.96. The minimum absolute atomic E-state index is 0.222. The largest absolute Gasteiger partial charge is 0.497 e. The summed E-state index contributed by atoms with van der Waals surface area (Å²) in [5, 5.41) is 3.11. The molecule has 0 aromatic heterocycles. The van der Waals surface area contributed by atoms with Crippen LogP contribution in [-0.2, 0) is 19.1 Å². The van der Waals surface area contributed by atoms with Crippen LogP contribution in [0, 0.1) is 0 Å². The molecule has 0 aliphatic carbocycles. The zero-order valence-corrected chi connectivity index (χ0v) is 17.2. The van der Waals surface area contributed by atoms with Gasteiger partial charge in [-0.15, -0.1) is 0 Å². The monoisotopic (exact) mass is 389 g/mol. The maximum atomic E-state index is 12.8. The lowest BCUT2D eigenvalue weighted by Gasteiger charge is -2.31. The molecule has 2 rings (SSSR count). The Morgan fingerprint density at radius 3 is 1.89 bits per heavy atom. The van der Waals surface area contributed by atoms with Gasteiger partial charge in [-0.05, 0) is 33.8 Å². The van der Waals surface area contributed by atoms with Gasteiger partial charge in [-0.2, -0.15) is 0 Å². The van der Waals surface area contributed by atoms with Crippen LogP contribution in [0.1, 0.15) is 39.2 Å². The summed E-state index contributed by atoms with van der Waals surface area (Å²) in [7, 11) is 3.09. The highest BCUT2D eigenvalue weighted by molar-refractivity contribution is 6.00. The van der Waals surface area contributed by atoms with Crippen LogP contribution in [0.4, 0.5) is 0 Å². The fourth-order valence-corrected chi connectivity index (χ4v) is 3.32. The first-order chi connectivity index (χ1) is 13.4. The van der Waals surface area contributed by atoms with Gasteiger partial charge < -0.3 is 24.3 Å². The van der Waals surface area contributed by atoms with Crippen molar-refractivity contribution in [3.05, 3.63) is 46.3 Å². The number of ether oxygens (including phenoxy) is 4. The highest BCUT2D eigenvalue weighted by atomic mass is 16.5. The molecule has 1 aromatic rings. The summed E-state index contributed by atoms with van der Waals surface area (Å²) in [6, 6.07) is 5.26. The molecule has 1 aromatic carbocycles. The molecule has 1 aliphatic heterocycles. The summed E-state index contributed by atoms with van der Waals surface area (Å²) in [6.45, 7) is 7.47. The minimum atomic E-state index is -0.694. The number of rotatable bonds is 7. The van der Waals surface area contributed by atoms with Crippen LogP contribution in [0.5, 0.6) is 11.5 Å². The van der Waals surface area contributed by atoms with Crippen molar-refractivity contribution in [3.8, 4) is 11.5 Å². The molecule has 152 valence electrons. The van der Waals surface area contributed by atoms with Gasteiger partial charge in [0.15, 0.2) is 0 Å². The van der Waals surface area contributed by atoms with Crippen LogP contribution in [0.3, 0.4) is 0 Å². The van der Waals surface area contributed by atoms with Crippen LogP contribution < -0.4 is 14.8 Å². The van der Waals surface area contributed by atoms with Gasteiger partial charge in [-0.25, -0.2) is 9.59 Å². The number of carbonyl (C=O) groups excluding carboxylic acids is 2. The van der Waals surface area contributed by atoms with Crippen molar-refractivity contribution < 1.29 is 28.5 Å². The number of benzene rings is 1. The molecule has 0 saturated carbocycles.